The molecular formula is C19H19N7OS. The Morgan fingerprint density at radius 3 is 2.82 bits per heavy atom. The highest BCUT2D eigenvalue weighted by atomic mass is 32.1. The van der Waals surface area contributed by atoms with Gasteiger partial charge >= 0.3 is 6.03 Å². The van der Waals surface area contributed by atoms with Gasteiger partial charge in [0.1, 0.15) is 17.8 Å². The van der Waals surface area contributed by atoms with E-state index in [1.807, 2.05) is 55.7 Å². The summed E-state index contributed by atoms with van der Waals surface area (Å²) in [6.07, 6.45) is 1.67. The zero-order valence-electron chi connectivity index (χ0n) is 15.7. The van der Waals surface area contributed by atoms with Crippen LogP contribution in [-0.4, -0.2) is 30.8 Å². The summed E-state index contributed by atoms with van der Waals surface area (Å²) in [4.78, 5) is 21.3. The van der Waals surface area contributed by atoms with Crippen molar-refractivity contribution in [3.8, 4) is 11.5 Å². The second-order valence-electron chi connectivity index (χ2n) is 6.63. The molecule has 3 heterocycles. The van der Waals surface area contributed by atoms with Crippen molar-refractivity contribution in [3.05, 3.63) is 48.3 Å². The lowest BCUT2D eigenvalue weighted by Crippen LogP contribution is -2.20. The molecule has 0 aliphatic rings. The summed E-state index contributed by atoms with van der Waals surface area (Å²) in [6, 6.07) is 11.2. The van der Waals surface area contributed by atoms with Crippen LogP contribution in [0.25, 0.3) is 21.7 Å². The average molecular weight is 393 g/mol. The minimum Gasteiger partial charge on any atom is -0.310 e. The molecule has 0 saturated carbocycles. The number of pyridine rings is 1. The highest BCUT2D eigenvalue weighted by Gasteiger charge is 2.13. The number of benzene rings is 1. The summed E-state index contributed by atoms with van der Waals surface area (Å²) in [7, 11) is 0. The third-order valence-electron chi connectivity index (χ3n) is 4.11. The molecule has 9 heteroatoms. The predicted octanol–water partition coefficient (Wildman–Crippen LogP) is 4.48. The van der Waals surface area contributed by atoms with Crippen LogP contribution in [0.4, 0.5) is 15.7 Å². The van der Waals surface area contributed by atoms with E-state index in [4.69, 9.17) is 0 Å². The lowest BCUT2D eigenvalue weighted by Gasteiger charge is -2.10. The van der Waals surface area contributed by atoms with Gasteiger partial charge in [-0.05, 0) is 50.6 Å². The van der Waals surface area contributed by atoms with Crippen LogP contribution in [0.5, 0.6) is 0 Å². The van der Waals surface area contributed by atoms with Gasteiger partial charge < -0.3 is 4.57 Å². The number of amides is 2. The molecule has 0 atom stereocenters. The number of urea groups is 1. The van der Waals surface area contributed by atoms with E-state index in [9.17, 15) is 4.79 Å². The van der Waals surface area contributed by atoms with Crippen molar-refractivity contribution in [1.29, 1.82) is 0 Å². The van der Waals surface area contributed by atoms with E-state index in [0.717, 1.165) is 15.8 Å². The van der Waals surface area contributed by atoms with E-state index in [0.29, 0.717) is 22.5 Å². The van der Waals surface area contributed by atoms with Gasteiger partial charge in [0.15, 0.2) is 11.0 Å². The Morgan fingerprint density at radius 1 is 1.14 bits per heavy atom. The van der Waals surface area contributed by atoms with Crippen LogP contribution in [0.3, 0.4) is 0 Å². The highest BCUT2D eigenvalue weighted by Crippen LogP contribution is 2.27. The fraction of sp³-hybridized carbons (Fsp3) is 0.211. The Labute approximate surface area is 165 Å². The van der Waals surface area contributed by atoms with Crippen LogP contribution in [0.15, 0.2) is 42.7 Å². The minimum absolute atomic E-state index is 0.203. The Hall–Kier alpha value is -3.33. The number of carbonyl (C=O) groups is 1. The van der Waals surface area contributed by atoms with Gasteiger partial charge in [-0.25, -0.2) is 14.8 Å². The number of anilines is 2. The normalized spacial score (nSPS) is 11.1. The summed E-state index contributed by atoms with van der Waals surface area (Å²) in [5.74, 6) is 1.07. The van der Waals surface area contributed by atoms with E-state index in [1.165, 1.54) is 11.3 Å². The van der Waals surface area contributed by atoms with Crippen LogP contribution >= 0.6 is 11.3 Å². The molecule has 0 spiro atoms. The maximum atomic E-state index is 12.4. The molecule has 8 nitrogen and oxygen atoms in total. The SMILES string of the molecule is Cc1ccc2nc(NC(=O)Nc3cccc(-c4nncn4C(C)C)n3)sc2c1. The first-order chi connectivity index (χ1) is 13.5. The molecule has 1 aromatic carbocycles. The molecule has 142 valence electrons. The molecule has 0 fully saturated rings. The van der Waals surface area contributed by atoms with Crippen LogP contribution in [0.2, 0.25) is 0 Å². The molecule has 0 bridgehead atoms. The topological polar surface area (TPSA) is 97.6 Å². The second-order valence-corrected chi connectivity index (χ2v) is 7.66. The number of hydrogen-bond donors (Lipinski definition) is 2. The zero-order valence-corrected chi connectivity index (χ0v) is 16.5. The largest absolute Gasteiger partial charge is 0.326 e. The second kappa shape index (κ2) is 7.35. The van der Waals surface area contributed by atoms with Crippen molar-refractivity contribution in [2.24, 2.45) is 0 Å². The molecule has 2 amide bonds. The first kappa shape index (κ1) is 18.1. The van der Waals surface area contributed by atoms with Crippen molar-refractivity contribution >= 4 is 38.5 Å². The van der Waals surface area contributed by atoms with Crippen molar-refractivity contribution < 1.29 is 4.79 Å². The van der Waals surface area contributed by atoms with Gasteiger partial charge in [-0.3, -0.25) is 10.6 Å². The quantitative estimate of drug-likeness (QED) is 0.533. The minimum atomic E-state index is -0.397. The smallest absolute Gasteiger partial charge is 0.310 e. The molecule has 0 aliphatic carbocycles. The van der Waals surface area contributed by atoms with Crippen molar-refractivity contribution in [3.63, 3.8) is 0 Å². The van der Waals surface area contributed by atoms with Gasteiger partial charge in [-0.15, -0.1) is 10.2 Å². The standard InChI is InChI=1S/C19H19N7OS/c1-11(2)26-10-20-25-17(26)14-5-4-6-16(21-14)23-18(27)24-19-22-13-8-7-12(3)9-15(13)28-19/h4-11H,1-3H3,(H2,21,22,23,24,27). The van der Waals surface area contributed by atoms with E-state index in [1.54, 1.807) is 12.4 Å². The maximum absolute atomic E-state index is 12.4. The number of aryl methyl sites for hydroxylation is 1. The van der Waals surface area contributed by atoms with Crippen LogP contribution < -0.4 is 10.6 Å². The maximum Gasteiger partial charge on any atom is 0.326 e. The van der Waals surface area contributed by atoms with Gasteiger partial charge in [-0.1, -0.05) is 23.5 Å². The number of thiazole rings is 1. The van der Waals surface area contributed by atoms with Gasteiger partial charge in [0.05, 0.1) is 10.2 Å². The van der Waals surface area contributed by atoms with Gasteiger partial charge in [0.2, 0.25) is 0 Å². The summed E-state index contributed by atoms with van der Waals surface area (Å²) >= 11 is 1.43. The number of nitrogens with zero attached hydrogens (tertiary/aromatic N) is 5. The lowest BCUT2D eigenvalue weighted by molar-refractivity contribution is 0.262. The zero-order chi connectivity index (χ0) is 19.7. The number of rotatable bonds is 4. The van der Waals surface area contributed by atoms with E-state index < -0.39 is 6.03 Å². The molecule has 4 aromatic rings. The fourth-order valence-electron chi connectivity index (χ4n) is 2.76. The highest BCUT2D eigenvalue weighted by molar-refractivity contribution is 7.22. The third kappa shape index (κ3) is 3.70. The predicted molar refractivity (Wildman–Crippen MR) is 111 cm³/mol. The number of nitrogens with one attached hydrogen (secondary N) is 2. The Morgan fingerprint density at radius 2 is 2.00 bits per heavy atom. The van der Waals surface area contributed by atoms with Gasteiger partial charge in [-0.2, -0.15) is 0 Å². The fourth-order valence-corrected chi connectivity index (χ4v) is 3.72. The van der Waals surface area contributed by atoms with Crippen molar-refractivity contribution in [2.75, 3.05) is 10.6 Å². The van der Waals surface area contributed by atoms with Crippen LogP contribution in [0.1, 0.15) is 25.5 Å². The van der Waals surface area contributed by atoms with E-state index in [2.05, 4.69) is 30.8 Å². The molecular weight excluding hydrogens is 374 g/mol. The number of carbonyl (C=O) groups excluding carboxylic acids is 1. The molecule has 4 rings (SSSR count). The molecule has 0 unspecified atom stereocenters. The first-order valence-electron chi connectivity index (χ1n) is 8.82. The molecule has 0 aliphatic heterocycles. The van der Waals surface area contributed by atoms with Crippen LogP contribution in [-0.2, 0) is 0 Å². The number of aromatic nitrogens is 5. The molecule has 0 saturated heterocycles. The lowest BCUT2D eigenvalue weighted by atomic mass is 10.2. The Balaban J connectivity index is 1.50. The van der Waals surface area contributed by atoms with E-state index >= 15 is 0 Å². The Kier molecular flexibility index (Phi) is 4.74. The third-order valence-corrected chi connectivity index (χ3v) is 5.05. The van der Waals surface area contributed by atoms with Gasteiger partial charge in [0, 0.05) is 6.04 Å². The molecule has 3 aromatic heterocycles. The number of hydrogen-bond acceptors (Lipinski definition) is 6. The molecule has 28 heavy (non-hydrogen) atoms. The van der Waals surface area contributed by atoms with Crippen LogP contribution in [0, 0.1) is 6.92 Å². The van der Waals surface area contributed by atoms with Gasteiger partial charge in [0.25, 0.3) is 0 Å². The van der Waals surface area contributed by atoms with E-state index in [-0.39, 0.29) is 6.04 Å². The summed E-state index contributed by atoms with van der Waals surface area (Å²) in [5, 5.41) is 14.1. The average Bonchev–Trinajstić information content (AvgIpc) is 3.28. The summed E-state index contributed by atoms with van der Waals surface area (Å²) in [5.41, 5.74) is 2.65. The Bertz CT molecular complexity index is 1150. The monoisotopic (exact) mass is 393 g/mol. The molecule has 0 radical (unpaired) electrons. The molecule has 2 N–H and O–H groups in total. The van der Waals surface area contributed by atoms with Crippen molar-refractivity contribution in [1.82, 2.24) is 24.7 Å². The van der Waals surface area contributed by atoms with Crippen molar-refractivity contribution in [2.45, 2.75) is 26.8 Å². The summed E-state index contributed by atoms with van der Waals surface area (Å²) in [6.45, 7) is 6.11. The number of fused-ring (bicyclic) bond motifs is 1. The summed E-state index contributed by atoms with van der Waals surface area (Å²) < 4.78 is 2.96. The first-order valence-corrected chi connectivity index (χ1v) is 9.63.